The van der Waals surface area contributed by atoms with Gasteiger partial charge in [-0.2, -0.15) is 5.26 Å². The molecular formula is C27H17Cl5FN3O4. The van der Waals surface area contributed by atoms with E-state index < -0.39 is 46.3 Å². The van der Waals surface area contributed by atoms with Gasteiger partial charge in [0.25, 0.3) is 5.91 Å². The Morgan fingerprint density at radius 3 is 2.35 bits per heavy atom. The van der Waals surface area contributed by atoms with Gasteiger partial charge in [-0.1, -0.05) is 34.8 Å². The Hall–Kier alpha value is -3.06. The first kappa shape index (κ1) is 29.9. The summed E-state index contributed by atoms with van der Waals surface area (Å²) in [6.07, 6.45) is 0. The van der Waals surface area contributed by atoms with Crippen LogP contribution in [-0.4, -0.2) is 35.8 Å². The largest absolute Gasteiger partial charge is 0.468 e. The molecule has 0 spiro atoms. The Morgan fingerprint density at radius 2 is 1.73 bits per heavy atom. The van der Waals surface area contributed by atoms with Crippen molar-refractivity contribution in [2.45, 2.75) is 10.3 Å². The number of esters is 1. The maximum atomic E-state index is 13.7. The molecule has 3 aromatic carbocycles. The fraction of sp³-hybridized carbons (Fsp3) is 0.185. The van der Waals surface area contributed by atoms with E-state index in [0.29, 0.717) is 15.6 Å². The van der Waals surface area contributed by atoms with Gasteiger partial charge in [0, 0.05) is 21.7 Å². The molecule has 206 valence electrons. The van der Waals surface area contributed by atoms with Crippen LogP contribution in [0.3, 0.4) is 0 Å². The van der Waals surface area contributed by atoms with Crippen molar-refractivity contribution in [3.63, 3.8) is 0 Å². The maximum absolute atomic E-state index is 13.7. The third-order valence-corrected chi connectivity index (χ3v) is 7.88. The molecule has 2 unspecified atom stereocenters. The van der Waals surface area contributed by atoms with Gasteiger partial charge in [-0.05, 0) is 60.2 Å². The van der Waals surface area contributed by atoms with Gasteiger partial charge in [0.05, 0.1) is 34.9 Å². The summed E-state index contributed by atoms with van der Waals surface area (Å²) in [5.41, 5.74) is 0.405. The molecule has 40 heavy (non-hydrogen) atoms. The molecule has 3 aromatic rings. The predicted octanol–water partition coefficient (Wildman–Crippen LogP) is 7.00. The zero-order chi connectivity index (χ0) is 29.4. The summed E-state index contributed by atoms with van der Waals surface area (Å²) in [7, 11) is 1.13. The number of amides is 2. The second-order valence-corrected chi connectivity index (χ2v) is 11.5. The van der Waals surface area contributed by atoms with Crippen LogP contribution in [-0.2, 0) is 14.3 Å². The number of alkyl halides is 2. The van der Waals surface area contributed by atoms with E-state index in [1.54, 1.807) is 18.2 Å². The third kappa shape index (κ3) is 6.14. The van der Waals surface area contributed by atoms with Gasteiger partial charge in [-0.3, -0.25) is 19.3 Å². The molecule has 0 heterocycles. The highest BCUT2D eigenvalue weighted by Crippen LogP contribution is 2.65. The van der Waals surface area contributed by atoms with Crippen molar-refractivity contribution in [3.05, 3.63) is 92.2 Å². The minimum atomic E-state index is -1.43. The standard InChI is InChI=1S/C27H17Cl5FN3O4/c1-40-22(37)12-36(21-5-2-17(33)8-14(21)11-34)26(39)19-10-18(3-4-20(19)30)35-25(38)24-23(27(24,31)32)13-6-15(28)9-16(29)7-13/h2-10,23-24H,12H2,1H3,(H,35,38). The molecule has 0 bridgehead atoms. The fourth-order valence-electron chi connectivity index (χ4n) is 4.25. The zero-order valence-corrected chi connectivity index (χ0v) is 24.1. The Labute approximate surface area is 253 Å². The van der Waals surface area contributed by atoms with Crippen molar-refractivity contribution in [3.8, 4) is 6.07 Å². The number of carbonyl (C=O) groups excluding carboxylic acids is 3. The topological polar surface area (TPSA) is 99.5 Å². The summed E-state index contributed by atoms with van der Waals surface area (Å²) in [6.45, 7) is -0.602. The summed E-state index contributed by atoms with van der Waals surface area (Å²) in [4.78, 5) is 39.8. The summed E-state index contributed by atoms with van der Waals surface area (Å²) >= 11 is 31.3. The van der Waals surface area contributed by atoms with Gasteiger partial charge >= 0.3 is 5.97 Å². The quantitative estimate of drug-likeness (QED) is 0.221. The molecule has 2 atom stereocenters. The molecule has 2 amide bonds. The molecule has 1 aliphatic rings. The van der Waals surface area contributed by atoms with Gasteiger partial charge < -0.3 is 10.1 Å². The molecule has 1 saturated carbocycles. The minimum Gasteiger partial charge on any atom is -0.468 e. The molecule has 0 aliphatic heterocycles. The average molecular weight is 644 g/mol. The van der Waals surface area contributed by atoms with Crippen LogP contribution < -0.4 is 10.2 Å². The number of halogens is 6. The summed E-state index contributed by atoms with van der Waals surface area (Å²) < 4.78 is 17.0. The van der Waals surface area contributed by atoms with Crippen LogP contribution in [0.2, 0.25) is 15.1 Å². The van der Waals surface area contributed by atoms with Crippen LogP contribution >= 0.6 is 58.0 Å². The highest BCUT2D eigenvalue weighted by atomic mass is 35.5. The number of anilines is 2. The number of hydrogen-bond donors (Lipinski definition) is 1. The number of benzene rings is 3. The fourth-order valence-corrected chi connectivity index (χ4v) is 5.82. The van der Waals surface area contributed by atoms with Gasteiger partial charge in [-0.15, -0.1) is 23.2 Å². The van der Waals surface area contributed by atoms with Crippen molar-refractivity contribution in [2.75, 3.05) is 23.9 Å². The lowest BCUT2D eigenvalue weighted by atomic mass is 10.1. The Morgan fingerprint density at radius 1 is 1.05 bits per heavy atom. The lowest BCUT2D eigenvalue weighted by Crippen LogP contribution is -2.37. The second kappa shape index (κ2) is 11.8. The molecule has 13 heteroatoms. The second-order valence-electron chi connectivity index (χ2n) is 8.76. The van der Waals surface area contributed by atoms with Crippen molar-refractivity contribution in [2.24, 2.45) is 5.92 Å². The number of methoxy groups -OCH3 is 1. The van der Waals surface area contributed by atoms with Crippen molar-refractivity contribution in [1.82, 2.24) is 0 Å². The number of nitriles is 1. The normalized spacial score (nSPS) is 16.9. The van der Waals surface area contributed by atoms with Crippen LogP contribution in [0.4, 0.5) is 15.8 Å². The molecule has 1 N–H and O–H groups in total. The van der Waals surface area contributed by atoms with E-state index >= 15 is 0 Å². The predicted molar refractivity (Wildman–Crippen MR) is 152 cm³/mol. The molecule has 4 rings (SSSR count). The highest BCUT2D eigenvalue weighted by molar-refractivity contribution is 6.53. The Kier molecular flexibility index (Phi) is 8.83. The van der Waals surface area contributed by atoms with Gasteiger partial charge in [-0.25, -0.2) is 4.39 Å². The first-order valence-electron chi connectivity index (χ1n) is 11.4. The summed E-state index contributed by atoms with van der Waals surface area (Å²) in [6, 6.07) is 13.8. The highest BCUT2D eigenvalue weighted by Gasteiger charge is 2.67. The number of carbonyl (C=O) groups is 3. The van der Waals surface area contributed by atoms with Gasteiger partial charge in [0.15, 0.2) is 0 Å². The number of hydrogen-bond acceptors (Lipinski definition) is 5. The van der Waals surface area contributed by atoms with Crippen molar-refractivity contribution in [1.29, 1.82) is 5.26 Å². The summed E-state index contributed by atoms with van der Waals surface area (Å²) in [5, 5.41) is 12.9. The average Bonchev–Trinajstić information content (AvgIpc) is 3.49. The molecule has 0 saturated heterocycles. The minimum absolute atomic E-state index is 0.0135. The van der Waals surface area contributed by atoms with Gasteiger partial charge in [0.1, 0.15) is 22.8 Å². The molecule has 0 radical (unpaired) electrons. The molecular weight excluding hydrogens is 627 g/mol. The summed E-state index contributed by atoms with van der Waals surface area (Å²) in [5.74, 6) is -4.32. The lowest BCUT2D eigenvalue weighted by molar-refractivity contribution is -0.138. The number of ether oxygens (including phenoxy) is 1. The van der Waals surface area contributed by atoms with Crippen LogP contribution in [0.25, 0.3) is 0 Å². The van der Waals surface area contributed by atoms with Crippen LogP contribution in [0.5, 0.6) is 0 Å². The molecule has 0 aromatic heterocycles. The van der Waals surface area contributed by atoms with E-state index in [1.165, 1.54) is 30.3 Å². The number of nitrogens with zero attached hydrogens (tertiary/aromatic N) is 2. The van der Waals surface area contributed by atoms with E-state index in [9.17, 15) is 24.0 Å². The van der Waals surface area contributed by atoms with Crippen molar-refractivity contribution < 1.29 is 23.5 Å². The molecule has 7 nitrogen and oxygen atoms in total. The first-order chi connectivity index (χ1) is 18.9. The number of rotatable bonds is 7. The van der Waals surface area contributed by atoms with Gasteiger partial charge in [0.2, 0.25) is 5.91 Å². The zero-order valence-electron chi connectivity index (χ0n) is 20.4. The van der Waals surface area contributed by atoms with E-state index in [1.807, 2.05) is 0 Å². The van der Waals surface area contributed by atoms with E-state index in [-0.39, 0.29) is 27.5 Å². The van der Waals surface area contributed by atoms with Crippen LogP contribution in [0.1, 0.15) is 27.4 Å². The monoisotopic (exact) mass is 641 g/mol. The third-order valence-electron chi connectivity index (χ3n) is 6.17. The Balaban J connectivity index is 1.63. The SMILES string of the molecule is COC(=O)CN(C(=O)c1cc(NC(=O)C2C(c3cc(Cl)cc(Cl)c3)C2(Cl)Cl)ccc1Cl)c1ccc(F)cc1C#N. The van der Waals surface area contributed by atoms with E-state index in [0.717, 1.165) is 24.1 Å². The first-order valence-corrected chi connectivity index (χ1v) is 13.3. The smallest absolute Gasteiger partial charge is 0.325 e. The van der Waals surface area contributed by atoms with Crippen LogP contribution in [0, 0.1) is 23.1 Å². The lowest BCUT2D eigenvalue weighted by Gasteiger charge is -2.23. The van der Waals surface area contributed by atoms with E-state index in [4.69, 9.17) is 58.0 Å². The number of nitrogens with one attached hydrogen (secondary N) is 1. The van der Waals surface area contributed by atoms with Crippen molar-refractivity contribution >= 4 is 87.2 Å². The maximum Gasteiger partial charge on any atom is 0.325 e. The van der Waals surface area contributed by atoms with Crippen LogP contribution in [0.15, 0.2) is 54.6 Å². The van der Waals surface area contributed by atoms with E-state index in [2.05, 4.69) is 10.1 Å². The molecule has 1 fully saturated rings. The molecule has 1 aliphatic carbocycles. The Bertz CT molecular complexity index is 1560.